The van der Waals surface area contributed by atoms with E-state index in [0.717, 1.165) is 10.0 Å². The number of carbonyl (C=O) groups excluding carboxylic acids is 1. The Labute approximate surface area is 125 Å². The van der Waals surface area contributed by atoms with Gasteiger partial charge in [-0.05, 0) is 18.6 Å². The molecule has 2 rings (SSSR count). The van der Waals surface area contributed by atoms with Gasteiger partial charge in [0.1, 0.15) is 6.54 Å². The summed E-state index contributed by atoms with van der Waals surface area (Å²) in [7, 11) is 0. The lowest BCUT2D eigenvalue weighted by Crippen LogP contribution is -2.30. The molecular formula is C13H16BrN5O. The van der Waals surface area contributed by atoms with Crippen LogP contribution in [0.5, 0.6) is 0 Å². The van der Waals surface area contributed by atoms with Crippen LogP contribution in [0.3, 0.4) is 0 Å². The van der Waals surface area contributed by atoms with Crippen LogP contribution in [0.25, 0.3) is 0 Å². The molecule has 3 N–H and O–H groups in total. The number of amides is 1. The quantitative estimate of drug-likeness (QED) is 0.862. The van der Waals surface area contributed by atoms with E-state index in [2.05, 4.69) is 31.6 Å². The number of benzene rings is 1. The van der Waals surface area contributed by atoms with E-state index in [1.807, 2.05) is 31.2 Å². The molecule has 1 aromatic carbocycles. The largest absolute Gasteiger partial charge is 0.348 e. The zero-order valence-electron chi connectivity index (χ0n) is 11.1. The highest BCUT2D eigenvalue weighted by atomic mass is 79.9. The number of nitrogens with zero attached hydrogens (tertiary/aromatic N) is 3. The first-order valence-electron chi connectivity index (χ1n) is 6.23. The van der Waals surface area contributed by atoms with Crippen LogP contribution < -0.4 is 11.1 Å². The van der Waals surface area contributed by atoms with Crippen molar-refractivity contribution in [3.8, 4) is 0 Å². The van der Waals surface area contributed by atoms with Crippen molar-refractivity contribution in [3.05, 3.63) is 46.2 Å². The first-order valence-corrected chi connectivity index (χ1v) is 7.02. The molecule has 0 fully saturated rings. The first kappa shape index (κ1) is 14.7. The van der Waals surface area contributed by atoms with Gasteiger partial charge in [0.15, 0.2) is 0 Å². The average Bonchev–Trinajstić information content (AvgIpc) is 2.86. The number of rotatable bonds is 5. The highest BCUT2D eigenvalue weighted by molar-refractivity contribution is 9.10. The van der Waals surface area contributed by atoms with E-state index in [0.29, 0.717) is 12.2 Å². The molecule has 0 bridgehead atoms. The molecule has 0 spiro atoms. The summed E-state index contributed by atoms with van der Waals surface area (Å²) < 4.78 is 2.45. The lowest BCUT2D eigenvalue weighted by molar-refractivity contribution is -0.122. The third-order valence-corrected chi connectivity index (χ3v) is 3.57. The normalized spacial score (nSPS) is 12.2. The molecule has 2 aromatic rings. The highest BCUT2D eigenvalue weighted by Gasteiger charge is 2.12. The van der Waals surface area contributed by atoms with Gasteiger partial charge in [-0.2, -0.15) is 0 Å². The van der Waals surface area contributed by atoms with Gasteiger partial charge in [0, 0.05) is 11.0 Å². The third kappa shape index (κ3) is 3.64. The number of nitrogens with one attached hydrogen (secondary N) is 1. The highest BCUT2D eigenvalue weighted by Crippen LogP contribution is 2.22. The predicted molar refractivity (Wildman–Crippen MR) is 78.6 cm³/mol. The molecule has 0 aliphatic carbocycles. The molecule has 1 amide bonds. The molecule has 0 aliphatic rings. The zero-order chi connectivity index (χ0) is 14.5. The lowest BCUT2D eigenvalue weighted by atomic mass is 10.1. The number of hydrogen-bond acceptors (Lipinski definition) is 4. The average molecular weight is 338 g/mol. The Morgan fingerprint density at radius 3 is 2.90 bits per heavy atom. The van der Waals surface area contributed by atoms with E-state index < -0.39 is 0 Å². The maximum absolute atomic E-state index is 12.0. The Morgan fingerprint density at radius 2 is 2.25 bits per heavy atom. The molecule has 0 saturated heterocycles. The fourth-order valence-corrected chi connectivity index (χ4v) is 2.48. The standard InChI is InChI=1S/C13H16BrN5O/c1-9(11-4-2-3-5-12(11)14)16-13(20)8-19-7-10(6-15)17-18-19/h2-5,7,9H,6,8,15H2,1H3,(H,16,20)/t9-/m0/s1. The van der Waals surface area contributed by atoms with Crippen LogP contribution in [0.1, 0.15) is 24.2 Å². The van der Waals surface area contributed by atoms with E-state index in [-0.39, 0.29) is 18.5 Å². The van der Waals surface area contributed by atoms with Gasteiger partial charge in [-0.1, -0.05) is 39.3 Å². The van der Waals surface area contributed by atoms with E-state index in [1.54, 1.807) is 6.20 Å². The second-order valence-electron chi connectivity index (χ2n) is 4.42. The van der Waals surface area contributed by atoms with Crippen LogP contribution >= 0.6 is 15.9 Å². The Balaban J connectivity index is 1.96. The molecule has 20 heavy (non-hydrogen) atoms. The van der Waals surface area contributed by atoms with Gasteiger partial charge < -0.3 is 11.1 Å². The Bertz CT molecular complexity index is 598. The smallest absolute Gasteiger partial charge is 0.242 e. The summed E-state index contributed by atoms with van der Waals surface area (Å²) in [4.78, 5) is 12.0. The van der Waals surface area contributed by atoms with Crippen molar-refractivity contribution in [1.29, 1.82) is 0 Å². The molecule has 0 aliphatic heterocycles. The molecular weight excluding hydrogens is 322 g/mol. The van der Waals surface area contributed by atoms with Crippen LogP contribution in [0.2, 0.25) is 0 Å². The summed E-state index contributed by atoms with van der Waals surface area (Å²) in [6.45, 7) is 2.38. The van der Waals surface area contributed by atoms with Gasteiger partial charge in [-0.3, -0.25) is 4.79 Å². The van der Waals surface area contributed by atoms with Crippen LogP contribution in [0, 0.1) is 0 Å². The van der Waals surface area contributed by atoms with Gasteiger partial charge in [-0.15, -0.1) is 5.10 Å². The SMILES string of the molecule is C[C@H](NC(=O)Cn1cc(CN)nn1)c1ccccc1Br. The fourth-order valence-electron chi connectivity index (χ4n) is 1.85. The van der Waals surface area contributed by atoms with Crippen molar-refractivity contribution in [3.63, 3.8) is 0 Å². The number of carbonyl (C=O) groups is 1. The number of hydrogen-bond donors (Lipinski definition) is 2. The second kappa shape index (κ2) is 6.62. The fraction of sp³-hybridized carbons (Fsp3) is 0.308. The van der Waals surface area contributed by atoms with Crippen LogP contribution in [0.15, 0.2) is 34.9 Å². The van der Waals surface area contributed by atoms with Crippen LogP contribution in [-0.4, -0.2) is 20.9 Å². The van der Waals surface area contributed by atoms with Crippen molar-refractivity contribution in [2.75, 3.05) is 0 Å². The van der Waals surface area contributed by atoms with Gasteiger partial charge in [-0.25, -0.2) is 4.68 Å². The van der Waals surface area contributed by atoms with E-state index in [4.69, 9.17) is 5.73 Å². The molecule has 7 heteroatoms. The number of aromatic nitrogens is 3. The Kier molecular flexibility index (Phi) is 4.86. The van der Waals surface area contributed by atoms with E-state index in [1.165, 1.54) is 4.68 Å². The van der Waals surface area contributed by atoms with Crippen LogP contribution in [0.4, 0.5) is 0 Å². The molecule has 1 heterocycles. The predicted octanol–water partition coefficient (Wildman–Crippen LogP) is 1.38. The monoisotopic (exact) mass is 337 g/mol. The van der Waals surface area contributed by atoms with Crippen LogP contribution in [-0.2, 0) is 17.9 Å². The molecule has 1 aromatic heterocycles. The van der Waals surface area contributed by atoms with Gasteiger partial charge in [0.05, 0.1) is 17.9 Å². The van der Waals surface area contributed by atoms with Crippen molar-refractivity contribution in [1.82, 2.24) is 20.3 Å². The van der Waals surface area contributed by atoms with Crippen molar-refractivity contribution in [2.45, 2.75) is 26.1 Å². The summed E-state index contributed by atoms with van der Waals surface area (Å²) in [5.41, 5.74) is 7.14. The second-order valence-corrected chi connectivity index (χ2v) is 5.28. The minimum Gasteiger partial charge on any atom is -0.348 e. The summed E-state index contributed by atoms with van der Waals surface area (Å²) in [6.07, 6.45) is 1.67. The topological polar surface area (TPSA) is 85.8 Å². The molecule has 106 valence electrons. The van der Waals surface area contributed by atoms with Gasteiger partial charge in [0.25, 0.3) is 0 Å². The maximum atomic E-state index is 12.0. The van der Waals surface area contributed by atoms with E-state index in [9.17, 15) is 4.79 Å². The first-order chi connectivity index (χ1) is 9.60. The molecule has 6 nitrogen and oxygen atoms in total. The summed E-state index contributed by atoms with van der Waals surface area (Å²) in [5, 5.41) is 10.6. The van der Waals surface area contributed by atoms with Gasteiger partial charge in [0.2, 0.25) is 5.91 Å². The lowest BCUT2D eigenvalue weighted by Gasteiger charge is -2.15. The van der Waals surface area contributed by atoms with E-state index >= 15 is 0 Å². The minimum atomic E-state index is -0.123. The van der Waals surface area contributed by atoms with Crippen molar-refractivity contribution < 1.29 is 4.79 Å². The van der Waals surface area contributed by atoms with Crippen molar-refractivity contribution >= 4 is 21.8 Å². The van der Waals surface area contributed by atoms with Crippen molar-refractivity contribution in [2.24, 2.45) is 5.73 Å². The molecule has 0 radical (unpaired) electrons. The molecule has 1 atom stereocenters. The number of nitrogens with two attached hydrogens (primary N) is 1. The summed E-state index contributed by atoms with van der Waals surface area (Å²) in [5.74, 6) is -0.123. The maximum Gasteiger partial charge on any atom is 0.242 e. The molecule has 0 unspecified atom stereocenters. The molecule has 0 saturated carbocycles. The Hall–Kier alpha value is -1.73. The summed E-state index contributed by atoms with van der Waals surface area (Å²) in [6, 6.07) is 7.70. The summed E-state index contributed by atoms with van der Waals surface area (Å²) >= 11 is 3.47. The zero-order valence-corrected chi connectivity index (χ0v) is 12.7. The third-order valence-electron chi connectivity index (χ3n) is 2.85. The number of halogens is 1. The Morgan fingerprint density at radius 1 is 1.50 bits per heavy atom. The minimum absolute atomic E-state index is 0.0874. The van der Waals surface area contributed by atoms with Gasteiger partial charge >= 0.3 is 0 Å².